The van der Waals surface area contributed by atoms with Crippen molar-refractivity contribution < 1.29 is 0 Å². The first-order chi connectivity index (χ1) is 10.6. The highest BCUT2D eigenvalue weighted by atomic mass is 35.5. The number of aryl methyl sites for hydroxylation is 1. The molecule has 1 spiro atoms. The van der Waals surface area contributed by atoms with Gasteiger partial charge in [0, 0.05) is 18.5 Å². The van der Waals surface area contributed by atoms with Crippen LogP contribution in [0.1, 0.15) is 35.2 Å². The number of fused-ring (bicyclic) bond motifs is 3. The molecule has 5 heteroatoms. The average molecular weight is 334 g/mol. The maximum absolute atomic E-state index is 6.28. The zero-order chi connectivity index (χ0) is 15.3. The van der Waals surface area contributed by atoms with Crippen molar-refractivity contribution in [2.75, 3.05) is 7.05 Å². The van der Waals surface area contributed by atoms with Crippen LogP contribution in [0.25, 0.3) is 0 Å². The number of nitrogens with zero attached hydrogens (tertiary/aromatic N) is 3. The topological polar surface area (TPSA) is 29.0 Å². The number of hydrogen-bond acceptors (Lipinski definition) is 3. The standard InChI is InChI=1S/C17H17Cl2N3/c1-22-10-12-14(20-16(19)21-15(12)18)9-17(22)8-4-6-11-5-2-3-7-13(11)17/h2-3,5,7H,4,6,8-10H2,1H3. The first kappa shape index (κ1) is 14.4. The predicted octanol–water partition coefficient (Wildman–Crippen LogP) is 4.00. The van der Waals surface area contributed by atoms with E-state index in [4.69, 9.17) is 23.2 Å². The Hall–Kier alpha value is -1.16. The van der Waals surface area contributed by atoms with Gasteiger partial charge in [-0.05, 0) is 49.0 Å². The summed E-state index contributed by atoms with van der Waals surface area (Å²) in [5, 5.41) is 0.730. The number of aromatic nitrogens is 2. The summed E-state index contributed by atoms with van der Waals surface area (Å²) in [6.45, 7) is 0.764. The quantitative estimate of drug-likeness (QED) is 0.539. The predicted molar refractivity (Wildman–Crippen MR) is 88.3 cm³/mol. The molecule has 1 aromatic heterocycles. The van der Waals surface area contributed by atoms with E-state index >= 15 is 0 Å². The summed E-state index contributed by atoms with van der Waals surface area (Å²) in [7, 11) is 2.18. The summed E-state index contributed by atoms with van der Waals surface area (Å²) >= 11 is 12.3. The van der Waals surface area contributed by atoms with Gasteiger partial charge in [0.05, 0.1) is 11.2 Å². The highest BCUT2D eigenvalue weighted by Crippen LogP contribution is 2.46. The van der Waals surface area contributed by atoms with Gasteiger partial charge < -0.3 is 0 Å². The molecule has 4 rings (SSSR count). The molecule has 0 saturated heterocycles. The van der Waals surface area contributed by atoms with E-state index in [2.05, 4.69) is 46.2 Å². The molecule has 0 bridgehead atoms. The van der Waals surface area contributed by atoms with E-state index in [1.54, 1.807) is 0 Å². The monoisotopic (exact) mass is 333 g/mol. The largest absolute Gasteiger partial charge is 0.292 e. The minimum atomic E-state index is 0.00283. The lowest BCUT2D eigenvalue weighted by molar-refractivity contribution is 0.0728. The van der Waals surface area contributed by atoms with Gasteiger partial charge in [0.1, 0.15) is 5.15 Å². The van der Waals surface area contributed by atoms with Crippen molar-refractivity contribution in [3.63, 3.8) is 0 Å². The Morgan fingerprint density at radius 1 is 1.18 bits per heavy atom. The molecule has 0 fully saturated rings. The van der Waals surface area contributed by atoms with Gasteiger partial charge in [0.15, 0.2) is 0 Å². The van der Waals surface area contributed by atoms with Crippen LogP contribution in [0.3, 0.4) is 0 Å². The van der Waals surface area contributed by atoms with Crippen LogP contribution >= 0.6 is 23.2 Å². The van der Waals surface area contributed by atoms with Gasteiger partial charge in [-0.1, -0.05) is 35.9 Å². The van der Waals surface area contributed by atoms with Crippen LogP contribution in [-0.2, 0) is 24.9 Å². The minimum Gasteiger partial charge on any atom is -0.292 e. The number of benzene rings is 1. The Morgan fingerprint density at radius 3 is 2.86 bits per heavy atom. The van der Waals surface area contributed by atoms with E-state index in [-0.39, 0.29) is 10.8 Å². The normalized spacial score (nSPS) is 24.1. The molecule has 0 saturated carbocycles. The number of hydrogen-bond donors (Lipinski definition) is 0. The van der Waals surface area contributed by atoms with Crippen molar-refractivity contribution in [1.29, 1.82) is 0 Å². The van der Waals surface area contributed by atoms with E-state index in [9.17, 15) is 0 Å². The van der Waals surface area contributed by atoms with Crippen LogP contribution in [0, 0.1) is 0 Å². The van der Waals surface area contributed by atoms with E-state index in [1.807, 2.05) is 0 Å². The minimum absolute atomic E-state index is 0.00283. The van der Waals surface area contributed by atoms with Gasteiger partial charge in [-0.2, -0.15) is 0 Å². The second-order valence-corrected chi connectivity index (χ2v) is 6.98. The van der Waals surface area contributed by atoms with Crippen molar-refractivity contribution in [1.82, 2.24) is 14.9 Å². The zero-order valence-electron chi connectivity index (χ0n) is 12.4. The molecule has 0 amide bonds. The van der Waals surface area contributed by atoms with Crippen molar-refractivity contribution in [2.45, 2.75) is 37.8 Å². The molecule has 1 aromatic carbocycles. The molecule has 3 nitrogen and oxygen atoms in total. The fourth-order valence-electron chi connectivity index (χ4n) is 4.05. The molecule has 2 heterocycles. The Balaban J connectivity index is 1.88. The van der Waals surface area contributed by atoms with Crippen LogP contribution in [0.2, 0.25) is 10.4 Å². The fraction of sp³-hybridized carbons (Fsp3) is 0.412. The molecule has 2 aromatic rings. The zero-order valence-corrected chi connectivity index (χ0v) is 14.0. The molecular weight excluding hydrogens is 317 g/mol. The van der Waals surface area contributed by atoms with E-state index < -0.39 is 0 Å². The molecule has 1 atom stereocenters. The van der Waals surface area contributed by atoms with Gasteiger partial charge in [-0.15, -0.1) is 0 Å². The SMILES string of the molecule is CN1Cc2c(Cl)nc(Cl)nc2CC12CCCc1ccccc12. The van der Waals surface area contributed by atoms with E-state index in [0.717, 1.165) is 37.1 Å². The third-order valence-corrected chi connectivity index (χ3v) is 5.64. The van der Waals surface area contributed by atoms with Gasteiger partial charge in [0.2, 0.25) is 5.28 Å². The third kappa shape index (κ3) is 2.07. The Kier molecular flexibility index (Phi) is 3.40. The molecule has 2 aliphatic rings. The molecule has 1 aliphatic heterocycles. The molecular formula is C17H17Cl2N3. The summed E-state index contributed by atoms with van der Waals surface area (Å²) < 4.78 is 0. The number of likely N-dealkylation sites (N-methyl/N-ethyl adjacent to an activating group) is 1. The maximum Gasteiger partial charge on any atom is 0.224 e. The van der Waals surface area contributed by atoms with Crippen molar-refractivity contribution in [3.05, 3.63) is 57.1 Å². The molecule has 1 aliphatic carbocycles. The lowest BCUT2D eigenvalue weighted by Crippen LogP contribution is -2.50. The smallest absolute Gasteiger partial charge is 0.224 e. The van der Waals surface area contributed by atoms with Crippen molar-refractivity contribution in [3.8, 4) is 0 Å². The van der Waals surface area contributed by atoms with Crippen molar-refractivity contribution >= 4 is 23.2 Å². The molecule has 1 unspecified atom stereocenters. The summed E-state index contributed by atoms with van der Waals surface area (Å²) in [5.74, 6) is 0. The van der Waals surface area contributed by atoms with Gasteiger partial charge in [-0.3, -0.25) is 4.90 Å². The van der Waals surface area contributed by atoms with Crippen LogP contribution < -0.4 is 0 Å². The molecule has 0 radical (unpaired) electrons. The molecule has 0 N–H and O–H groups in total. The summed E-state index contributed by atoms with van der Waals surface area (Å²) in [6.07, 6.45) is 4.34. The van der Waals surface area contributed by atoms with Gasteiger partial charge >= 0.3 is 0 Å². The first-order valence-corrected chi connectivity index (χ1v) is 8.36. The Bertz CT molecular complexity index is 747. The second-order valence-electron chi connectivity index (χ2n) is 6.28. The lowest BCUT2D eigenvalue weighted by atomic mass is 9.71. The Labute approximate surface area is 140 Å². The van der Waals surface area contributed by atoms with Gasteiger partial charge in [0.25, 0.3) is 0 Å². The summed E-state index contributed by atoms with van der Waals surface area (Å²) in [6, 6.07) is 8.78. The lowest BCUT2D eigenvalue weighted by Gasteiger charge is -2.49. The maximum atomic E-state index is 6.28. The fourth-order valence-corrected chi connectivity index (χ4v) is 4.53. The highest BCUT2D eigenvalue weighted by Gasteiger charge is 2.44. The summed E-state index contributed by atoms with van der Waals surface area (Å²) in [5.41, 5.74) is 4.90. The average Bonchev–Trinajstić information content (AvgIpc) is 2.50. The molecule has 114 valence electrons. The van der Waals surface area contributed by atoms with Crippen LogP contribution in [0.15, 0.2) is 24.3 Å². The van der Waals surface area contributed by atoms with E-state index in [1.165, 1.54) is 17.5 Å². The second kappa shape index (κ2) is 5.19. The van der Waals surface area contributed by atoms with E-state index in [0.29, 0.717) is 5.15 Å². The molecule has 22 heavy (non-hydrogen) atoms. The van der Waals surface area contributed by atoms with Crippen LogP contribution in [-0.4, -0.2) is 21.9 Å². The van der Waals surface area contributed by atoms with Crippen LogP contribution in [0.5, 0.6) is 0 Å². The summed E-state index contributed by atoms with van der Waals surface area (Å²) in [4.78, 5) is 11.0. The Morgan fingerprint density at radius 2 is 2.00 bits per heavy atom. The third-order valence-electron chi connectivity index (χ3n) is 5.16. The van der Waals surface area contributed by atoms with Gasteiger partial charge in [-0.25, -0.2) is 9.97 Å². The number of rotatable bonds is 0. The van der Waals surface area contributed by atoms with Crippen LogP contribution in [0.4, 0.5) is 0 Å². The first-order valence-electron chi connectivity index (χ1n) is 7.60. The highest BCUT2D eigenvalue weighted by molar-refractivity contribution is 6.32. The van der Waals surface area contributed by atoms with Crippen molar-refractivity contribution in [2.24, 2.45) is 0 Å². The number of halogens is 2.